The molecule has 0 saturated carbocycles. The van der Waals surface area contributed by atoms with Gasteiger partial charge in [0.25, 0.3) is 0 Å². The van der Waals surface area contributed by atoms with E-state index in [0.717, 1.165) is 36.5 Å². The van der Waals surface area contributed by atoms with Crippen molar-refractivity contribution in [3.63, 3.8) is 0 Å². The highest BCUT2D eigenvalue weighted by atomic mass is 32.2. The van der Waals surface area contributed by atoms with Gasteiger partial charge in [-0.05, 0) is 72.1 Å². The first-order valence-electron chi connectivity index (χ1n) is 9.62. The average molecular weight is 421 g/mol. The lowest BCUT2D eigenvalue weighted by atomic mass is 10.1. The molecule has 148 valence electrons. The third kappa shape index (κ3) is 4.81. The van der Waals surface area contributed by atoms with Gasteiger partial charge in [0.2, 0.25) is 0 Å². The van der Waals surface area contributed by atoms with Gasteiger partial charge in [-0.15, -0.1) is 23.1 Å². The summed E-state index contributed by atoms with van der Waals surface area (Å²) in [5.74, 6) is 0.908. The average Bonchev–Trinajstić information content (AvgIpc) is 3.30. The Bertz CT molecular complexity index is 1090. The molecular formula is C24H24N2OS2. The Morgan fingerprint density at radius 2 is 2.00 bits per heavy atom. The zero-order valence-corrected chi connectivity index (χ0v) is 18.3. The minimum absolute atomic E-state index is 0.796. The molecule has 5 heteroatoms. The molecule has 0 fully saturated rings. The third-order valence-electron chi connectivity index (χ3n) is 4.90. The second-order valence-electron chi connectivity index (χ2n) is 6.81. The van der Waals surface area contributed by atoms with Gasteiger partial charge in [-0.1, -0.05) is 24.3 Å². The Labute approximate surface area is 180 Å². The van der Waals surface area contributed by atoms with Gasteiger partial charge in [0.1, 0.15) is 5.75 Å². The predicted molar refractivity (Wildman–Crippen MR) is 125 cm³/mol. The van der Waals surface area contributed by atoms with Crippen LogP contribution in [0.1, 0.15) is 11.1 Å². The SMILES string of the molecule is COc1cccc(CCNCc2cc3ccc(SC)cc3nc2-c2cccs2)c1. The summed E-state index contributed by atoms with van der Waals surface area (Å²) in [6.45, 7) is 1.70. The molecule has 0 radical (unpaired) electrons. The van der Waals surface area contributed by atoms with Crippen LogP contribution in [0.4, 0.5) is 0 Å². The van der Waals surface area contributed by atoms with E-state index in [4.69, 9.17) is 9.72 Å². The van der Waals surface area contributed by atoms with E-state index in [1.165, 1.54) is 26.3 Å². The van der Waals surface area contributed by atoms with Crippen molar-refractivity contribution in [1.82, 2.24) is 10.3 Å². The molecule has 0 aliphatic heterocycles. The molecule has 2 aromatic heterocycles. The highest BCUT2D eigenvalue weighted by Crippen LogP contribution is 2.30. The normalized spacial score (nSPS) is 11.1. The monoisotopic (exact) mass is 420 g/mol. The summed E-state index contributed by atoms with van der Waals surface area (Å²) in [6, 6.07) is 21.3. The Kier molecular flexibility index (Phi) is 6.49. The van der Waals surface area contributed by atoms with Gasteiger partial charge in [-0.3, -0.25) is 0 Å². The van der Waals surface area contributed by atoms with Crippen molar-refractivity contribution in [2.75, 3.05) is 19.9 Å². The standard InChI is InChI=1S/C24H24N2OS2/c1-27-20-6-3-5-17(13-20)10-11-25-16-19-14-18-8-9-21(28-2)15-22(18)26-24(19)23-7-4-12-29-23/h3-9,12-15,25H,10-11,16H2,1-2H3. The Hall–Kier alpha value is -2.34. The number of thioether (sulfide) groups is 1. The zero-order chi connectivity index (χ0) is 20.1. The number of rotatable bonds is 8. The van der Waals surface area contributed by atoms with E-state index in [1.54, 1.807) is 30.2 Å². The number of aromatic nitrogens is 1. The number of pyridine rings is 1. The summed E-state index contributed by atoms with van der Waals surface area (Å²) in [6.07, 6.45) is 3.06. The molecule has 29 heavy (non-hydrogen) atoms. The molecule has 0 atom stereocenters. The van der Waals surface area contributed by atoms with Gasteiger partial charge < -0.3 is 10.1 Å². The van der Waals surface area contributed by atoms with E-state index < -0.39 is 0 Å². The van der Waals surface area contributed by atoms with Crippen LogP contribution in [0.25, 0.3) is 21.5 Å². The fraction of sp³-hybridized carbons (Fsp3) is 0.208. The van der Waals surface area contributed by atoms with Crippen LogP contribution in [0, 0.1) is 0 Å². The first kappa shape index (κ1) is 20.0. The van der Waals surface area contributed by atoms with Crippen LogP contribution in [0.5, 0.6) is 5.75 Å². The van der Waals surface area contributed by atoms with Crippen LogP contribution >= 0.6 is 23.1 Å². The van der Waals surface area contributed by atoms with Gasteiger partial charge in [-0.25, -0.2) is 4.98 Å². The van der Waals surface area contributed by atoms with Crippen LogP contribution in [0.15, 0.2) is 70.9 Å². The lowest BCUT2D eigenvalue weighted by molar-refractivity contribution is 0.414. The highest BCUT2D eigenvalue weighted by molar-refractivity contribution is 7.98. The number of methoxy groups -OCH3 is 1. The molecular weight excluding hydrogens is 396 g/mol. The highest BCUT2D eigenvalue weighted by Gasteiger charge is 2.11. The lowest BCUT2D eigenvalue weighted by Gasteiger charge is -2.12. The molecule has 0 saturated heterocycles. The molecule has 0 amide bonds. The molecule has 4 rings (SSSR count). The minimum atomic E-state index is 0.796. The van der Waals surface area contributed by atoms with Crippen LogP contribution in [0.3, 0.4) is 0 Å². The number of nitrogens with zero attached hydrogens (tertiary/aromatic N) is 1. The van der Waals surface area contributed by atoms with Crippen molar-refractivity contribution in [2.24, 2.45) is 0 Å². The number of hydrogen-bond acceptors (Lipinski definition) is 5. The predicted octanol–water partition coefficient (Wildman–Crippen LogP) is 6.03. The molecule has 2 aromatic carbocycles. The van der Waals surface area contributed by atoms with Crippen molar-refractivity contribution in [3.8, 4) is 16.3 Å². The maximum atomic E-state index is 5.32. The molecule has 3 nitrogen and oxygen atoms in total. The fourth-order valence-electron chi connectivity index (χ4n) is 3.36. The van der Waals surface area contributed by atoms with E-state index in [9.17, 15) is 0 Å². The van der Waals surface area contributed by atoms with Crippen molar-refractivity contribution >= 4 is 34.0 Å². The molecule has 1 N–H and O–H groups in total. The minimum Gasteiger partial charge on any atom is -0.497 e. The molecule has 0 bridgehead atoms. The van der Waals surface area contributed by atoms with Crippen LogP contribution < -0.4 is 10.1 Å². The molecule has 2 heterocycles. The molecule has 0 aliphatic carbocycles. The lowest BCUT2D eigenvalue weighted by Crippen LogP contribution is -2.17. The van der Waals surface area contributed by atoms with Crippen LogP contribution in [-0.4, -0.2) is 24.9 Å². The summed E-state index contributed by atoms with van der Waals surface area (Å²) in [4.78, 5) is 7.48. The van der Waals surface area contributed by atoms with E-state index in [2.05, 4.69) is 65.5 Å². The number of ether oxygens (including phenoxy) is 1. The number of fused-ring (bicyclic) bond motifs is 1. The summed E-state index contributed by atoms with van der Waals surface area (Å²) in [5.41, 5.74) is 4.65. The van der Waals surface area contributed by atoms with Gasteiger partial charge in [0.15, 0.2) is 0 Å². The van der Waals surface area contributed by atoms with Crippen LogP contribution in [-0.2, 0) is 13.0 Å². The van der Waals surface area contributed by atoms with Crippen LogP contribution in [0.2, 0.25) is 0 Å². The Morgan fingerprint density at radius 3 is 2.79 bits per heavy atom. The topological polar surface area (TPSA) is 34.1 Å². The summed E-state index contributed by atoms with van der Waals surface area (Å²) in [7, 11) is 1.71. The van der Waals surface area contributed by atoms with Gasteiger partial charge in [0, 0.05) is 16.8 Å². The number of nitrogens with one attached hydrogen (secondary N) is 1. The van der Waals surface area contributed by atoms with Gasteiger partial charge >= 0.3 is 0 Å². The molecule has 0 spiro atoms. The van der Waals surface area contributed by atoms with Crippen molar-refractivity contribution < 1.29 is 4.74 Å². The first-order chi connectivity index (χ1) is 14.3. The largest absolute Gasteiger partial charge is 0.497 e. The summed E-state index contributed by atoms with van der Waals surface area (Å²) >= 11 is 3.49. The molecule has 4 aromatic rings. The summed E-state index contributed by atoms with van der Waals surface area (Å²) < 4.78 is 5.32. The van der Waals surface area contributed by atoms with E-state index in [-0.39, 0.29) is 0 Å². The fourth-order valence-corrected chi connectivity index (χ4v) is 4.55. The quantitative estimate of drug-likeness (QED) is 0.279. The Balaban J connectivity index is 1.53. The van der Waals surface area contributed by atoms with E-state index in [1.807, 2.05) is 12.1 Å². The van der Waals surface area contributed by atoms with Crippen molar-refractivity contribution in [1.29, 1.82) is 0 Å². The second-order valence-corrected chi connectivity index (χ2v) is 8.64. The van der Waals surface area contributed by atoms with E-state index >= 15 is 0 Å². The van der Waals surface area contributed by atoms with Gasteiger partial charge in [0.05, 0.1) is 23.2 Å². The number of thiophene rings is 1. The zero-order valence-electron chi connectivity index (χ0n) is 16.6. The number of hydrogen-bond donors (Lipinski definition) is 1. The van der Waals surface area contributed by atoms with Crippen molar-refractivity contribution in [3.05, 3.63) is 77.2 Å². The molecule has 0 aliphatic rings. The maximum absolute atomic E-state index is 5.32. The maximum Gasteiger partial charge on any atom is 0.119 e. The summed E-state index contributed by atoms with van der Waals surface area (Å²) in [5, 5.41) is 6.90. The first-order valence-corrected chi connectivity index (χ1v) is 11.7. The van der Waals surface area contributed by atoms with E-state index in [0.29, 0.717) is 0 Å². The van der Waals surface area contributed by atoms with Gasteiger partial charge in [-0.2, -0.15) is 0 Å². The smallest absolute Gasteiger partial charge is 0.119 e. The Morgan fingerprint density at radius 1 is 1.07 bits per heavy atom. The second kappa shape index (κ2) is 9.44. The molecule has 0 unspecified atom stereocenters. The number of benzene rings is 2. The van der Waals surface area contributed by atoms with Crippen molar-refractivity contribution in [2.45, 2.75) is 17.9 Å². The third-order valence-corrected chi connectivity index (χ3v) is 6.50.